The van der Waals surface area contributed by atoms with Crippen LogP contribution in [0.15, 0.2) is 12.2 Å². The first kappa shape index (κ1) is 15.7. The minimum absolute atomic E-state index is 0.0224. The van der Waals surface area contributed by atoms with Gasteiger partial charge in [-0.1, -0.05) is 39.3 Å². The quantitative estimate of drug-likeness (QED) is 0.237. The Morgan fingerprint density at radius 1 is 0.812 bits per heavy atom. The Balaban J connectivity index is 3.75. The number of hydroxylamine groups is 3. The van der Waals surface area contributed by atoms with Gasteiger partial charge in [-0.15, -0.1) is 0 Å². The highest BCUT2D eigenvalue weighted by Crippen LogP contribution is 2.10. The zero-order chi connectivity index (χ0) is 12.3. The molecule has 0 aliphatic heterocycles. The average molecular weight is 227 g/mol. The topological polar surface area (TPSA) is 23.1 Å². The van der Waals surface area contributed by atoms with Gasteiger partial charge in [0.25, 0.3) is 0 Å². The van der Waals surface area contributed by atoms with Gasteiger partial charge in [0.1, 0.15) is 0 Å². The van der Waals surface area contributed by atoms with Crippen molar-refractivity contribution in [2.75, 3.05) is 19.6 Å². The molecule has 0 bridgehead atoms. The first-order chi connectivity index (χ1) is 7.68. The van der Waals surface area contributed by atoms with E-state index in [1.54, 1.807) is 0 Å². The van der Waals surface area contributed by atoms with Crippen molar-refractivity contribution in [1.82, 2.24) is 0 Å². The zero-order valence-corrected chi connectivity index (χ0v) is 11.4. The second-order valence-electron chi connectivity index (χ2n) is 4.63. The Bertz CT molecular complexity index is 172. The summed E-state index contributed by atoms with van der Waals surface area (Å²) in [4.78, 5) is 0. The van der Waals surface area contributed by atoms with E-state index in [1.165, 1.54) is 12.8 Å². The molecule has 0 N–H and O–H groups in total. The predicted molar refractivity (Wildman–Crippen MR) is 72.1 cm³/mol. The molecule has 0 aromatic heterocycles. The van der Waals surface area contributed by atoms with Crippen LogP contribution in [0, 0.1) is 5.21 Å². The van der Waals surface area contributed by atoms with E-state index in [1.807, 2.05) is 0 Å². The Morgan fingerprint density at radius 3 is 1.88 bits per heavy atom. The van der Waals surface area contributed by atoms with Gasteiger partial charge in [-0.2, -0.15) is 0 Å². The number of hydrogen-bond donors (Lipinski definition) is 0. The summed E-state index contributed by atoms with van der Waals surface area (Å²) in [5.41, 5.74) is 0. The zero-order valence-electron chi connectivity index (χ0n) is 11.4. The molecule has 0 heterocycles. The molecule has 0 aliphatic carbocycles. The van der Waals surface area contributed by atoms with Crippen molar-refractivity contribution in [2.24, 2.45) is 0 Å². The monoisotopic (exact) mass is 227 g/mol. The van der Waals surface area contributed by atoms with Crippen molar-refractivity contribution in [3.05, 3.63) is 17.4 Å². The number of unbranched alkanes of at least 4 members (excludes halogenated alkanes) is 2. The lowest BCUT2D eigenvalue weighted by molar-refractivity contribution is -0.881. The fourth-order valence-electron chi connectivity index (χ4n) is 2.05. The lowest BCUT2D eigenvalue weighted by Gasteiger charge is -2.42. The molecule has 2 nitrogen and oxygen atoms in total. The summed E-state index contributed by atoms with van der Waals surface area (Å²) >= 11 is 0. The summed E-state index contributed by atoms with van der Waals surface area (Å²) in [5.74, 6) is 0. The molecule has 0 saturated carbocycles. The summed E-state index contributed by atoms with van der Waals surface area (Å²) in [6.07, 6.45) is 10.9. The maximum Gasteiger partial charge on any atom is 0.0786 e. The van der Waals surface area contributed by atoms with Crippen LogP contribution in [0.3, 0.4) is 0 Å². The summed E-state index contributed by atoms with van der Waals surface area (Å²) in [7, 11) is 0. The molecular weight excluding hydrogens is 198 g/mol. The van der Waals surface area contributed by atoms with Crippen LogP contribution in [-0.4, -0.2) is 24.3 Å². The molecule has 0 amide bonds. The molecule has 96 valence electrons. The summed E-state index contributed by atoms with van der Waals surface area (Å²) < 4.78 is 0.0224. The standard InChI is InChI=1S/C14H29NO/c1-4-7-8-9-10-11-14-15(16,12-5-2)13-6-3/h8-9H,4-7,10-14H2,1-3H3/b9-8+. The lowest BCUT2D eigenvalue weighted by Crippen LogP contribution is -2.44. The molecule has 0 unspecified atom stereocenters. The third kappa shape index (κ3) is 7.89. The van der Waals surface area contributed by atoms with Crippen LogP contribution in [-0.2, 0) is 0 Å². The largest absolute Gasteiger partial charge is 0.633 e. The third-order valence-electron chi connectivity index (χ3n) is 2.82. The molecule has 0 aromatic carbocycles. The van der Waals surface area contributed by atoms with Gasteiger partial charge in [-0.05, 0) is 25.7 Å². The number of allylic oxidation sites excluding steroid dienone is 2. The Hall–Kier alpha value is -0.340. The van der Waals surface area contributed by atoms with Crippen molar-refractivity contribution < 1.29 is 4.65 Å². The van der Waals surface area contributed by atoms with Gasteiger partial charge in [-0.3, -0.25) is 0 Å². The molecule has 2 heteroatoms. The van der Waals surface area contributed by atoms with Gasteiger partial charge >= 0.3 is 0 Å². The van der Waals surface area contributed by atoms with Crippen molar-refractivity contribution >= 4 is 0 Å². The van der Waals surface area contributed by atoms with Crippen LogP contribution in [0.2, 0.25) is 0 Å². The van der Waals surface area contributed by atoms with E-state index in [2.05, 4.69) is 32.9 Å². The van der Waals surface area contributed by atoms with Crippen LogP contribution >= 0.6 is 0 Å². The van der Waals surface area contributed by atoms with E-state index in [0.29, 0.717) is 0 Å². The van der Waals surface area contributed by atoms with Gasteiger partial charge in [0.05, 0.1) is 19.6 Å². The summed E-state index contributed by atoms with van der Waals surface area (Å²) in [5, 5.41) is 12.3. The molecule has 0 saturated heterocycles. The third-order valence-corrected chi connectivity index (χ3v) is 2.82. The molecule has 0 spiro atoms. The van der Waals surface area contributed by atoms with Crippen molar-refractivity contribution in [2.45, 2.75) is 59.3 Å². The van der Waals surface area contributed by atoms with Gasteiger partial charge in [-0.25, -0.2) is 0 Å². The van der Waals surface area contributed by atoms with Gasteiger partial charge < -0.3 is 9.85 Å². The number of rotatable bonds is 10. The highest BCUT2D eigenvalue weighted by atomic mass is 16.5. The van der Waals surface area contributed by atoms with Crippen LogP contribution in [0.25, 0.3) is 0 Å². The normalized spacial score (nSPS) is 12.5. The summed E-state index contributed by atoms with van der Waals surface area (Å²) in [6.45, 7) is 8.74. The van der Waals surface area contributed by atoms with Crippen LogP contribution in [0.5, 0.6) is 0 Å². The highest BCUT2D eigenvalue weighted by molar-refractivity contribution is 4.80. The van der Waals surface area contributed by atoms with E-state index >= 15 is 0 Å². The maximum atomic E-state index is 12.3. The smallest absolute Gasteiger partial charge is 0.0786 e. The Kier molecular flexibility index (Phi) is 9.65. The minimum Gasteiger partial charge on any atom is -0.633 e. The second-order valence-corrected chi connectivity index (χ2v) is 4.63. The van der Waals surface area contributed by atoms with Gasteiger partial charge in [0.2, 0.25) is 0 Å². The predicted octanol–water partition coefficient (Wildman–Crippen LogP) is 4.26. The van der Waals surface area contributed by atoms with Crippen molar-refractivity contribution in [1.29, 1.82) is 0 Å². The van der Waals surface area contributed by atoms with Gasteiger partial charge in [0, 0.05) is 6.42 Å². The van der Waals surface area contributed by atoms with E-state index in [4.69, 9.17) is 0 Å². The van der Waals surface area contributed by atoms with Crippen LogP contribution in [0.1, 0.15) is 59.3 Å². The molecule has 0 aliphatic rings. The summed E-state index contributed by atoms with van der Waals surface area (Å²) in [6, 6.07) is 0. The molecule has 0 aromatic rings. The van der Waals surface area contributed by atoms with Gasteiger partial charge in [0.15, 0.2) is 0 Å². The van der Waals surface area contributed by atoms with Crippen molar-refractivity contribution in [3.63, 3.8) is 0 Å². The fraction of sp³-hybridized carbons (Fsp3) is 0.857. The van der Waals surface area contributed by atoms with E-state index in [0.717, 1.165) is 45.3 Å². The molecule has 0 radical (unpaired) electrons. The molecule has 0 atom stereocenters. The first-order valence-corrected chi connectivity index (χ1v) is 6.90. The van der Waals surface area contributed by atoms with E-state index in [9.17, 15) is 5.21 Å². The highest BCUT2D eigenvalue weighted by Gasteiger charge is 2.13. The second kappa shape index (κ2) is 9.86. The maximum absolute atomic E-state index is 12.3. The minimum atomic E-state index is 0.0224. The van der Waals surface area contributed by atoms with E-state index < -0.39 is 0 Å². The van der Waals surface area contributed by atoms with Crippen LogP contribution in [0.4, 0.5) is 0 Å². The molecular formula is C14H29NO. The first-order valence-electron chi connectivity index (χ1n) is 6.90. The van der Waals surface area contributed by atoms with E-state index in [-0.39, 0.29) is 4.65 Å². The number of quaternary nitrogens is 1. The SMILES string of the molecule is CCC/C=C/CCC[N+]([O-])(CCC)CCC. The Morgan fingerprint density at radius 2 is 1.38 bits per heavy atom. The fourth-order valence-corrected chi connectivity index (χ4v) is 2.05. The molecule has 16 heavy (non-hydrogen) atoms. The Labute approximate surface area is 102 Å². The van der Waals surface area contributed by atoms with Crippen LogP contribution < -0.4 is 0 Å². The molecule has 0 rings (SSSR count). The average Bonchev–Trinajstić information content (AvgIpc) is 2.24. The number of nitrogens with zero attached hydrogens (tertiary/aromatic N) is 1. The number of hydrogen-bond acceptors (Lipinski definition) is 1. The lowest BCUT2D eigenvalue weighted by atomic mass is 10.2. The molecule has 0 fully saturated rings. The van der Waals surface area contributed by atoms with Crippen molar-refractivity contribution in [3.8, 4) is 0 Å².